The number of guanidine groups is 1. The van der Waals surface area contributed by atoms with Crippen molar-refractivity contribution in [2.45, 2.75) is 57.5 Å². The SMILES string of the molecule is OCCCCCCNC(=NCC1CCCCO1)NCCc1ccco1. The molecule has 0 spiro atoms. The van der Waals surface area contributed by atoms with Gasteiger partial charge >= 0.3 is 0 Å². The van der Waals surface area contributed by atoms with Gasteiger partial charge in [-0.2, -0.15) is 0 Å². The summed E-state index contributed by atoms with van der Waals surface area (Å²) in [5.74, 6) is 1.83. The van der Waals surface area contributed by atoms with E-state index in [1.807, 2.05) is 12.1 Å². The summed E-state index contributed by atoms with van der Waals surface area (Å²) in [5.41, 5.74) is 0. The summed E-state index contributed by atoms with van der Waals surface area (Å²) in [6, 6.07) is 3.90. The molecule has 1 aliphatic rings. The molecule has 2 heterocycles. The van der Waals surface area contributed by atoms with E-state index < -0.39 is 0 Å². The molecule has 1 atom stereocenters. The lowest BCUT2D eigenvalue weighted by atomic mass is 10.1. The Kier molecular flexibility index (Phi) is 10.1. The van der Waals surface area contributed by atoms with Crippen molar-refractivity contribution >= 4 is 5.96 Å². The van der Waals surface area contributed by atoms with E-state index in [0.29, 0.717) is 6.54 Å². The highest BCUT2D eigenvalue weighted by Crippen LogP contribution is 2.12. The number of nitrogens with one attached hydrogen (secondary N) is 2. The largest absolute Gasteiger partial charge is 0.469 e. The van der Waals surface area contributed by atoms with Gasteiger partial charge in [0.2, 0.25) is 0 Å². The van der Waals surface area contributed by atoms with Crippen LogP contribution in [0.5, 0.6) is 0 Å². The third-order valence-electron chi connectivity index (χ3n) is 4.35. The lowest BCUT2D eigenvalue weighted by molar-refractivity contribution is 0.0224. The van der Waals surface area contributed by atoms with Crippen molar-refractivity contribution in [2.24, 2.45) is 4.99 Å². The highest BCUT2D eigenvalue weighted by molar-refractivity contribution is 5.79. The monoisotopic (exact) mass is 351 g/mol. The Hall–Kier alpha value is -1.53. The summed E-state index contributed by atoms with van der Waals surface area (Å²) in [5, 5.41) is 15.6. The number of nitrogens with zero attached hydrogens (tertiary/aromatic N) is 1. The molecule has 1 saturated heterocycles. The molecule has 1 fully saturated rings. The lowest BCUT2D eigenvalue weighted by Gasteiger charge is -2.21. The number of furan rings is 1. The molecular formula is C19H33N3O3. The van der Waals surface area contributed by atoms with Crippen molar-refractivity contribution < 1.29 is 14.3 Å². The smallest absolute Gasteiger partial charge is 0.191 e. The first-order valence-electron chi connectivity index (χ1n) is 9.65. The van der Waals surface area contributed by atoms with Gasteiger partial charge in [0, 0.05) is 32.7 Å². The molecule has 0 amide bonds. The number of aliphatic hydroxyl groups excluding tert-OH is 1. The van der Waals surface area contributed by atoms with Crippen molar-refractivity contribution in [3.63, 3.8) is 0 Å². The molecule has 0 aromatic carbocycles. The average Bonchev–Trinajstić information content (AvgIpc) is 3.16. The first kappa shape index (κ1) is 19.8. The predicted octanol–water partition coefficient (Wildman–Crippen LogP) is 2.48. The summed E-state index contributed by atoms with van der Waals surface area (Å²) in [6.45, 7) is 3.54. The van der Waals surface area contributed by atoms with E-state index in [-0.39, 0.29) is 12.7 Å². The molecule has 2 rings (SSSR count). The Morgan fingerprint density at radius 3 is 2.80 bits per heavy atom. The molecule has 6 heteroatoms. The summed E-state index contributed by atoms with van der Waals surface area (Å²) in [6.07, 6.45) is 10.5. The van der Waals surface area contributed by atoms with Crippen LogP contribution >= 0.6 is 0 Å². The maximum absolute atomic E-state index is 8.82. The van der Waals surface area contributed by atoms with E-state index in [1.54, 1.807) is 6.26 Å². The van der Waals surface area contributed by atoms with Crippen LogP contribution in [0.4, 0.5) is 0 Å². The van der Waals surface area contributed by atoms with Crippen LogP contribution in [0.1, 0.15) is 50.7 Å². The zero-order valence-corrected chi connectivity index (χ0v) is 15.2. The molecule has 0 aliphatic carbocycles. The van der Waals surface area contributed by atoms with Gasteiger partial charge in [0.1, 0.15) is 5.76 Å². The van der Waals surface area contributed by atoms with Crippen molar-refractivity contribution in [3.8, 4) is 0 Å². The molecular weight excluding hydrogens is 318 g/mol. The van der Waals surface area contributed by atoms with E-state index in [1.165, 1.54) is 12.8 Å². The molecule has 3 N–H and O–H groups in total. The topological polar surface area (TPSA) is 79.0 Å². The molecule has 1 aliphatic heterocycles. The predicted molar refractivity (Wildman–Crippen MR) is 99.9 cm³/mol. The van der Waals surface area contributed by atoms with Gasteiger partial charge in [-0.05, 0) is 44.2 Å². The summed E-state index contributed by atoms with van der Waals surface area (Å²) >= 11 is 0. The molecule has 6 nitrogen and oxygen atoms in total. The highest BCUT2D eigenvalue weighted by atomic mass is 16.5. The Labute approximate surface area is 151 Å². The minimum Gasteiger partial charge on any atom is -0.469 e. The van der Waals surface area contributed by atoms with Gasteiger partial charge < -0.3 is 24.9 Å². The minimum absolute atomic E-state index is 0.252. The molecule has 0 radical (unpaired) electrons. The summed E-state index contributed by atoms with van der Waals surface area (Å²) < 4.78 is 11.1. The maximum atomic E-state index is 8.82. The number of rotatable bonds is 11. The fraction of sp³-hybridized carbons (Fsp3) is 0.737. The van der Waals surface area contributed by atoms with Gasteiger partial charge in [-0.15, -0.1) is 0 Å². The fourth-order valence-electron chi connectivity index (χ4n) is 2.87. The number of unbranched alkanes of at least 4 members (excludes halogenated alkanes) is 3. The van der Waals surface area contributed by atoms with Crippen LogP contribution in [0.15, 0.2) is 27.8 Å². The minimum atomic E-state index is 0.252. The third-order valence-corrected chi connectivity index (χ3v) is 4.35. The maximum Gasteiger partial charge on any atom is 0.191 e. The molecule has 0 bridgehead atoms. The number of hydrogen-bond acceptors (Lipinski definition) is 4. The van der Waals surface area contributed by atoms with E-state index in [0.717, 1.165) is 69.9 Å². The first-order chi connectivity index (χ1) is 12.4. The van der Waals surface area contributed by atoms with E-state index >= 15 is 0 Å². The zero-order chi connectivity index (χ0) is 17.6. The number of ether oxygens (including phenoxy) is 1. The molecule has 1 aromatic rings. The molecule has 142 valence electrons. The van der Waals surface area contributed by atoms with Crippen LogP contribution in [0, 0.1) is 0 Å². The van der Waals surface area contributed by atoms with Crippen LogP contribution in [-0.4, -0.2) is 50.0 Å². The number of aliphatic hydroxyl groups is 1. The Balaban J connectivity index is 1.70. The second-order valence-electron chi connectivity index (χ2n) is 6.50. The van der Waals surface area contributed by atoms with Crippen molar-refractivity contribution in [3.05, 3.63) is 24.2 Å². The standard InChI is InChI=1S/C19H33N3O3/c23-13-5-2-1-4-11-20-19(21-12-10-17-9-7-15-24-17)22-16-18-8-3-6-14-25-18/h7,9,15,18,23H,1-6,8,10-14,16H2,(H2,20,21,22). The van der Waals surface area contributed by atoms with Gasteiger partial charge in [0.25, 0.3) is 0 Å². The van der Waals surface area contributed by atoms with Crippen LogP contribution in [0.2, 0.25) is 0 Å². The van der Waals surface area contributed by atoms with Gasteiger partial charge in [-0.25, -0.2) is 0 Å². The van der Waals surface area contributed by atoms with Gasteiger partial charge in [0.15, 0.2) is 5.96 Å². The van der Waals surface area contributed by atoms with Gasteiger partial charge in [-0.3, -0.25) is 4.99 Å². The van der Waals surface area contributed by atoms with Crippen molar-refractivity contribution in [1.82, 2.24) is 10.6 Å². The number of aliphatic imine (C=N–C) groups is 1. The van der Waals surface area contributed by atoms with E-state index in [9.17, 15) is 0 Å². The quantitative estimate of drug-likeness (QED) is 0.324. The molecule has 1 aromatic heterocycles. The van der Waals surface area contributed by atoms with Crippen LogP contribution in [0.25, 0.3) is 0 Å². The normalized spacial score (nSPS) is 18.3. The highest BCUT2D eigenvalue weighted by Gasteiger charge is 2.13. The molecule has 25 heavy (non-hydrogen) atoms. The summed E-state index contributed by atoms with van der Waals surface area (Å²) in [7, 11) is 0. The van der Waals surface area contributed by atoms with Crippen LogP contribution < -0.4 is 10.6 Å². The van der Waals surface area contributed by atoms with Gasteiger partial charge in [0.05, 0.1) is 18.9 Å². The Morgan fingerprint density at radius 1 is 1.16 bits per heavy atom. The Bertz CT molecular complexity index is 456. The lowest BCUT2D eigenvalue weighted by Crippen LogP contribution is -2.39. The second-order valence-corrected chi connectivity index (χ2v) is 6.50. The molecule has 0 saturated carbocycles. The Morgan fingerprint density at radius 2 is 2.04 bits per heavy atom. The average molecular weight is 351 g/mol. The van der Waals surface area contributed by atoms with Crippen LogP contribution in [-0.2, 0) is 11.2 Å². The first-order valence-corrected chi connectivity index (χ1v) is 9.65. The zero-order valence-electron chi connectivity index (χ0n) is 15.2. The summed E-state index contributed by atoms with van der Waals surface area (Å²) in [4.78, 5) is 4.70. The van der Waals surface area contributed by atoms with E-state index in [2.05, 4.69) is 10.6 Å². The fourth-order valence-corrected chi connectivity index (χ4v) is 2.87. The second kappa shape index (κ2) is 12.8. The van der Waals surface area contributed by atoms with Crippen molar-refractivity contribution in [1.29, 1.82) is 0 Å². The molecule has 1 unspecified atom stereocenters. The number of hydrogen-bond donors (Lipinski definition) is 3. The van der Waals surface area contributed by atoms with Crippen molar-refractivity contribution in [2.75, 3.05) is 32.8 Å². The third kappa shape index (κ3) is 8.93. The van der Waals surface area contributed by atoms with Gasteiger partial charge in [-0.1, -0.05) is 12.8 Å². The van der Waals surface area contributed by atoms with E-state index in [4.69, 9.17) is 19.3 Å². The van der Waals surface area contributed by atoms with Crippen LogP contribution in [0.3, 0.4) is 0 Å².